The first-order valence-corrected chi connectivity index (χ1v) is 24.5. The van der Waals surface area contributed by atoms with Gasteiger partial charge < -0.3 is 0 Å². The molecule has 7 aromatic rings. The zero-order valence-corrected chi connectivity index (χ0v) is 42.4. The van der Waals surface area contributed by atoms with Crippen LogP contribution in [0.2, 0.25) is 0 Å². The predicted molar refractivity (Wildman–Crippen MR) is 278 cm³/mol. The molecule has 0 spiro atoms. The van der Waals surface area contributed by atoms with E-state index < -0.39 is 6.40 Å². The normalized spacial score (nSPS) is 20.7. The van der Waals surface area contributed by atoms with Crippen LogP contribution in [0.1, 0.15) is 124 Å². The number of hydrogen-bond donors (Lipinski definition) is 0. The number of fused-ring (bicyclic) bond motifs is 3. The lowest BCUT2D eigenvalue weighted by molar-refractivity contribution is 0.235. The molecular formula is C61H67N3S. The van der Waals surface area contributed by atoms with Crippen molar-refractivity contribution in [2.24, 2.45) is 11.8 Å². The number of benzene rings is 6. The molecule has 1 aliphatic heterocycles. The summed E-state index contributed by atoms with van der Waals surface area (Å²) in [7, 11) is 0. The Hall–Kier alpha value is -5.32. The van der Waals surface area contributed by atoms with Crippen molar-refractivity contribution >= 4 is 11.8 Å². The molecule has 6 aromatic carbocycles. The fourth-order valence-corrected chi connectivity index (χ4v) is 13.6. The van der Waals surface area contributed by atoms with Crippen LogP contribution in [0, 0.1) is 109 Å². The van der Waals surface area contributed by atoms with Gasteiger partial charge in [0.2, 0.25) is 0 Å². The number of aryl methyl sites for hydroxylation is 1. The number of thioether (sulfide) groups is 1. The molecule has 0 radical (unpaired) electrons. The van der Waals surface area contributed by atoms with Crippen molar-refractivity contribution in [1.82, 2.24) is 15.0 Å². The van der Waals surface area contributed by atoms with Gasteiger partial charge in [-0.2, -0.15) is 0 Å². The van der Waals surface area contributed by atoms with Gasteiger partial charge >= 0.3 is 0 Å². The molecule has 0 amide bonds. The monoisotopic (exact) mass is 876 g/mol. The highest BCUT2D eigenvalue weighted by atomic mass is 32.2. The topological polar surface area (TPSA) is 38.7 Å². The van der Waals surface area contributed by atoms with Gasteiger partial charge in [0, 0.05) is 34.5 Å². The van der Waals surface area contributed by atoms with Crippen LogP contribution in [0.4, 0.5) is 0 Å². The Morgan fingerprint density at radius 3 is 1.46 bits per heavy atom. The summed E-state index contributed by atoms with van der Waals surface area (Å²) in [6, 6.07) is 23.4. The molecule has 6 atom stereocenters. The minimum absolute atomic E-state index is 0.00808. The standard InChI is InChI=1S/C61H67N3S/c1-30-27-48(54-37(8)34(5)33(4)35(6)38(54)9)36(7)39(10)51(30)55-40(11)42(13)56(43(14)41(55)12)52-31(2)29-50-53-32(3)28-49(44(15)58(53)65-57(50)45(52)16)61-63-59(46-23-19-17-20-24-46)62-60(64-61)47-25-21-18-22-26-47/h17-27,29,32,44,49,53,58H,28H2,1-16H3/i28D,29D. The molecule has 1 saturated carbocycles. The Kier molecular flexibility index (Phi) is 11.0. The van der Waals surface area contributed by atoms with Gasteiger partial charge in [-0.25, -0.2) is 15.0 Å². The van der Waals surface area contributed by atoms with Gasteiger partial charge in [-0.15, -0.1) is 11.8 Å². The number of hydrogen-bond acceptors (Lipinski definition) is 4. The van der Waals surface area contributed by atoms with E-state index in [2.05, 4.69) is 117 Å². The van der Waals surface area contributed by atoms with E-state index in [1.807, 2.05) is 72.4 Å². The predicted octanol–water partition coefficient (Wildman–Crippen LogP) is 16.5. The summed E-state index contributed by atoms with van der Waals surface area (Å²) < 4.78 is 20.0. The van der Waals surface area contributed by atoms with Crippen molar-refractivity contribution in [1.29, 1.82) is 0 Å². The summed E-state index contributed by atoms with van der Waals surface area (Å²) >= 11 is 1.95. The summed E-state index contributed by atoms with van der Waals surface area (Å²) in [4.78, 5) is 16.6. The molecule has 2 aliphatic rings. The molecular weight excluding hydrogens is 807 g/mol. The maximum absolute atomic E-state index is 10.0. The maximum Gasteiger partial charge on any atom is 0.163 e. The van der Waals surface area contributed by atoms with Crippen LogP contribution in [0.3, 0.4) is 0 Å². The molecule has 0 N–H and O–H groups in total. The van der Waals surface area contributed by atoms with E-state index in [0.717, 1.165) is 22.3 Å². The average molecular weight is 876 g/mol. The summed E-state index contributed by atoms with van der Waals surface area (Å²) in [5.74, 6) is 1.93. The van der Waals surface area contributed by atoms with Crippen LogP contribution >= 0.6 is 11.8 Å². The Bertz CT molecular complexity index is 3060. The fraction of sp³-hybridized carbons (Fsp3) is 0.361. The molecule has 1 aliphatic carbocycles. The fourth-order valence-electron chi connectivity index (χ4n) is 11.9. The second-order valence-electron chi connectivity index (χ2n) is 19.7. The maximum atomic E-state index is 10.0. The second-order valence-corrected chi connectivity index (χ2v) is 20.9. The van der Waals surface area contributed by atoms with E-state index >= 15 is 0 Å². The summed E-state index contributed by atoms with van der Waals surface area (Å²) in [6.45, 7) is 36.6. The van der Waals surface area contributed by atoms with E-state index in [9.17, 15) is 2.74 Å². The highest BCUT2D eigenvalue weighted by Gasteiger charge is 2.49. The van der Waals surface area contributed by atoms with Gasteiger partial charge in [0.1, 0.15) is 5.82 Å². The largest absolute Gasteiger partial charge is 0.213 e. The van der Waals surface area contributed by atoms with Crippen LogP contribution in [-0.2, 0) is 0 Å². The molecule has 0 bridgehead atoms. The molecule has 65 heavy (non-hydrogen) atoms. The highest BCUT2D eigenvalue weighted by molar-refractivity contribution is 8.00. The summed E-state index contributed by atoms with van der Waals surface area (Å²) in [6.07, 6.45) is -0.456. The van der Waals surface area contributed by atoms with Crippen LogP contribution < -0.4 is 0 Å². The molecule has 2 heterocycles. The Balaban J connectivity index is 1.14. The SMILES string of the molecule is [2H]c1c(C)c(-c2c(C)c(C)c(-c3c(C)cc(-c4c(C)c(C)c(C)c(C)c4C)c(C)c3C)c(C)c2C)c(C)c2c1C1C(C)C([2H])C(c3nc(-c4ccccc4)nc(-c4ccccc4)n3)C(C)C1S2. The lowest BCUT2D eigenvalue weighted by atomic mass is 9.66. The first kappa shape index (κ1) is 42.3. The third kappa shape index (κ3) is 7.12. The van der Waals surface area contributed by atoms with E-state index in [-0.39, 0.29) is 28.9 Å². The van der Waals surface area contributed by atoms with E-state index in [1.165, 1.54) is 111 Å². The Morgan fingerprint density at radius 2 is 0.954 bits per heavy atom. The second kappa shape index (κ2) is 16.8. The number of nitrogens with zero attached hydrogens (tertiary/aromatic N) is 3. The van der Waals surface area contributed by atoms with Crippen molar-refractivity contribution in [3.63, 3.8) is 0 Å². The molecule has 332 valence electrons. The highest BCUT2D eigenvalue weighted by Crippen LogP contribution is 2.61. The van der Waals surface area contributed by atoms with Crippen molar-refractivity contribution in [2.45, 2.75) is 139 Å². The minimum Gasteiger partial charge on any atom is -0.213 e. The molecule has 3 nitrogen and oxygen atoms in total. The first-order valence-electron chi connectivity index (χ1n) is 24.7. The summed E-state index contributed by atoms with van der Waals surface area (Å²) in [5, 5.41) is 0.177. The molecule has 1 fully saturated rings. The lowest BCUT2D eigenvalue weighted by Crippen LogP contribution is -2.36. The zero-order valence-electron chi connectivity index (χ0n) is 43.6. The van der Waals surface area contributed by atoms with Crippen molar-refractivity contribution < 1.29 is 2.74 Å². The first-order chi connectivity index (χ1) is 31.8. The summed E-state index contributed by atoms with van der Waals surface area (Å²) in [5.41, 5.74) is 29.3. The van der Waals surface area contributed by atoms with E-state index in [1.54, 1.807) is 0 Å². The van der Waals surface area contributed by atoms with Crippen molar-refractivity contribution in [2.75, 3.05) is 0 Å². The van der Waals surface area contributed by atoms with Gasteiger partial charge in [-0.1, -0.05) is 86.6 Å². The third-order valence-corrected chi connectivity index (χ3v) is 18.0. The van der Waals surface area contributed by atoms with Crippen LogP contribution in [0.5, 0.6) is 0 Å². The van der Waals surface area contributed by atoms with E-state index in [0.29, 0.717) is 23.5 Å². The third-order valence-electron chi connectivity index (χ3n) is 16.3. The molecule has 0 saturated heterocycles. The van der Waals surface area contributed by atoms with Crippen molar-refractivity contribution in [3.8, 4) is 56.2 Å². The van der Waals surface area contributed by atoms with Gasteiger partial charge in [0.05, 0.1) is 1.37 Å². The van der Waals surface area contributed by atoms with Gasteiger partial charge in [-0.3, -0.25) is 0 Å². The minimum atomic E-state index is -0.456. The van der Waals surface area contributed by atoms with Crippen LogP contribution in [0.15, 0.2) is 77.7 Å². The smallest absolute Gasteiger partial charge is 0.163 e. The molecule has 9 rings (SSSR count). The molecule has 6 unspecified atom stereocenters. The average Bonchev–Trinajstić information content (AvgIpc) is 3.74. The Labute approximate surface area is 396 Å². The molecule has 4 heteroatoms. The van der Waals surface area contributed by atoms with E-state index in [4.69, 9.17) is 15.0 Å². The Morgan fingerprint density at radius 1 is 0.508 bits per heavy atom. The number of rotatable bonds is 6. The molecule has 1 aromatic heterocycles. The zero-order chi connectivity index (χ0) is 48.2. The van der Waals surface area contributed by atoms with Crippen LogP contribution in [-0.4, -0.2) is 20.2 Å². The van der Waals surface area contributed by atoms with Gasteiger partial charge in [0.25, 0.3) is 0 Å². The van der Waals surface area contributed by atoms with Crippen LogP contribution in [0.25, 0.3) is 56.2 Å². The lowest BCUT2D eigenvalue weighted by Gasteiger charge is -2.41. The van der Waals surface area contributed by atoms with Gasteiger partial charge in [-0.05, 0) is 232 Å². The van der Waals surface area contributed by atoms with Gasteiger partial charge in [0.15, 0.2) is 11.6 Å². The van der Waals surface area contributed by atoms with Crippen molar-refractivity contribution in [3.05, 3.63) is 162 Å². The number of aromatic nitrogens is 3. The quantitative estimate of drug-likeness (QED) is 0.167.